The van der Waals surface area contributed by atoms with Crippen LogP contribution in [-0.2, 0) is 13.8 Å². The Balaban J connectivity index is 2.23. The zero-order chi connectivity index (χ0) is 16.7. The minimum atomic E-state index is -4.71. The number of nitrogens with two attached hydrogens (primary N) is 1. The number of phosphoric ester groups is 1. The van der Waals surface area contributed by atoms with E-state index in [1.807, 2.05) is 4.98 Å². The van der Waals surface area contributed by atoms with Crippen LogP contribution in [0.5, 0.6) is 0 Å². The zero-order valence-corrected chi connectivity index (χ0v) is 13.4. The van der Waals surface area contributed by atoms with Crippen molar-refractivity contribution in [2.75, 3.05) is 12.3 Å². The number of ether oxygens (including phenoxy) is 1. The van der Waals surface area contributed by atoms with Crippen molar-refractivity contribution >= 4 is 29.6 Å². The van der Waals surface area contributed by atoms with Crippen molar-refractivity contribution in [3.05, 3.63) is 25.3 Å². The van der Waals surface area contributed by atoms with Crippen LogP contribution in [0.15, 0.2) is 14.1 Å². The van der Waals surface area contributed by atoms with E-state index >= 15 is 0 Å². The van der Waals surface area contributed by atoms with Crippen LogP contribution in [-0.4, -0.2) is 43.3 Å². The molecule has 2 rings (SSSR count). The Morgan fingerprint density at radius 3 is 2.73 bits per heavy atom. The number of phosphoric acid groups is 1. The second-order valence-corrected chi connectivity index (χ2v) is 6.58. The van der Waals surface area contributed by atoms with E-state index in [1.54, 1.807) is 0 Å². The van der Waals surface area contributed by atoms with Crippen molar-refractivity contribution in [1.82, 2.24) is 9.55 Å². The molecule has 1 aliphatic heterocycles. The Labute approximate surface area is 131 Å². The van der Waals surface area contributed by atoms with Crippen LogP contribution in [0, 0.1) is 0 Å². The average Bonchev–Trinajstić information content (AvgIpc) is 2.74. The van der Waals surface area contributed by atoms with Gasteiger partial charge in [0.25, 0.3) is 5.56 Å². The SMILES string of the molecule is Nc1c(Br)c(=O)[nH]c(=O)n1[C@H]1C[C@H](O)[C@@H](COP(=O)(O)O)O1. The van der Waals surface area contributed by atoms with Gasteiger partial charge in [0.2, 0.25) is 0 Å². The van der Waals surface area contributed by atoms with E-state index in [4.69, 9.17) is 20.3 Å². The maximum Gasteiger partial charge on any atom is 0.469 e. The number of nitrogen functional groups attached to an aromatic ring is 1. The Morgan fingerprint density at radius 1 is 1.50 bits per heavy atom. The molecular formula is C9H13BrN3O8P. The van der Waals surface area contributed by atoms with Gasteiger partial charge in [-0.2, -0.15) is 0 Å². The molecule has 2 heterocycles. The second kappa shape index (κ2) is 6.24. The summed E-state index contributed by atoms with van der Waals surface area (Å²) >= 11 is 2.92. The fourth-order valence-electron chi connectivity index (χ4n) is 2.02. The van der Waals surface area contributed by atoms with Crippen LogP contribution >= 0.6 is 23.8 Å². The fraction of sp³-hybridized carbons (Fsp3) is 0.556. The van der Waals surface area contributed by atoms with E-state index in [0.29, 0.717) is 0 Å². The van der Waals surface area contributed by atoms with Gasteiger partial charge in [0.05, 0.1) is 12.7 Å². The fourth-order valence-corrected chi connectivity index (χ4v) is 2.65. The summed E-state index contributed by atoms with van der Waals surface area (Å²) in [5.41, 5.74) is 4.13. The molecule has 3 atom stereocenters. The van der Waals surface area contributed by atoms with Gasteiger partial charge in [-0.3, -0.25) is 18.9 Å². The number of nitrogens with one attached hydrogen (secondary N) is 1. The summed E-state index contributed by atoms with van der Waals surface area (Å²) in [6, 6.07) is 0. The first-order chi connectivity index (χ1) is 10.1. The third kappa shape index (κ3) is 3.66. The third-order valence-corrected chi connectivity index (χ3v) is 4.27. The average molecular weight is 402 g/mol. The summed E-state index contributed by atoms with van der Waals surface area (Å²) in [5.74, 6) is -0.192. The predicted octanol–water partition coefficient (Wildman–Crippen LogP) is -1.36. The molecule has 1 aromatic heterocycles. The van der Waals surface area contributed by atoms with Gasteiger partial charge in [-0.1, -0.05) is 0 Å². The Kier molecular flexibility index (Phi) is 4.92. The van der Waals surface area contributed by atoms with Crippen molar-refractivity contribution < 1.29 is 28.7 Å². The highest BCUT2D eigenvalue weighted by atomic mass is 79.9. The summed E-state index contributed by atoms with van der Waals surface area (Å²) in [5, 5.41) is 9.83. The summed E-state index contributed by atoms with van der Waals surface area (Å²) in [7, 11) is -4.71. The van der Waals surface area contributed by atoms with Gasteiger partial charge in [0, 0.05) is 6.42 Å². The maximum absolute atomic E-state index is 11.8. The van der Waals surface area contributed by atoms with Crippen LogP contribution in [0.3, 0.4) is 0 Å². The molecule has 0 amide bonds. The number of nitrogens with zero attached hydrogens (tertiary/aromatic N) is 1. The van der Waals surface area contributed by atoms with Crippen LogP contribution in [0.2, 0.25) is 0 Å². The molecular weight excluding hydrogens is 389 g/mol. The number of anilines is 1. The van der Waals surface area contributed by atoms with E-state index in [-0.39, 0.29) is 16.7 Å². The summed E-state index contributed by atoms with van der Waals surface area (Å²) < 4.78 is 21.1. The number of rotatable bonds is 4. The van der Waals surface area contributed by atoms with E-state index < -0.39 is 44.1 Å². The molecule has 0 saturated carbocycles. The second-order valence-electron chi connectivity index (χ2n) is 4.55. The Bertz CT molecular complexity index is 727. The topological polar surface area (TPSA) is 177 Å². The molecule has 0 bridgehead atoms. The molecule has 1 aromatic rings. The van der Waals surface area contributed by atoms with Crippen LogP contribution in [0.1, 0.15) is 12.6 Å². The molecule has 0 spiro atoms. The lowest BCUT2D eigenvalue weighted by Crippen LogP contribution is -2.35. The van der Waals surface area contributed by atoms with E-state index in [9.17, 15) is 19.3 Å². The predicted molar refractivity (Wildman–Crippen MR) is 76.0 cm³/mol. The Hall–Kier alpha value is -1.01. The molecule has 0 aromatic carbocycles. The lowest BCUT2D eigenvalue weighted by Gasteiger charge is -2.18. The highest BCUT2D eigenvalue weighted by Gasteiger charge is 2.38. The van der Waals surface area contributed by atoms with Gasteiger partial charge in [0.1, 0.15) is 22.6 Å². The first-order valence-electron chi connectivity index (χ1n) is 5.93. The molecule has 0 unspecified atom stereocenters. The molecule has 13 heteroatoms. The van der Waals surface area contributed by atoms with Crippen LogP contribution in [0.4, 0.5) is 5.82 Å². The van der Waals surface area contributed by atoms with Gasteiger partial charge in [-0.25, -0.2) is 9.36 Å². The first-order valence-corrected chi connectivity index (χ1v) is 8.26. The van der Waals surface area contributed by atoms with Crippen molar-refractivity contribution in [1.29, 1.82) is 0 Å². The number of hydrogen-bond donors (Lipinski definition) is 5. The number of halogens is 1. The van der Waals surface area contributed by atoms with Gasteiger partial charge < -0.3 is 25.4 Å². The molecule has 11 nitrogen and oxygen atoms in total. The summed E-state index contributed by atoms with van der Waals surface area (Å²) in [4.78, 5) is 42.5. The smallest absolute Gasteiger partial charge is 0.390 e. The van der Waals surface area contributed by atoms with E-state index in [2.05, 4.69) is 20.5 Å². The minimum absolute atomic E-state index is 0.0693. The van der Waals surface area contributed by atoms with Crippen molar-refractivity contribution in [2.45, 2.75) is 24.9 Å². The summed E-state index contributed by atoms with van der Waals surface area (Å²) in [6.07, 6.45) is -3.28. The van der Waals surface area contributed by atoms with Crippen molar-refractivity contribution in [3.8, 4) is 0 Å². The minimum Gasteiger partial charge on any atom is -0.390 e. The number of aromatic amines is 1. The normalized spacial score (nSPS) is 25.5. The number of aromatic nitrogens is 2. The monoisotopic (exact) mass is 401 g/mol. The molecule has 0 radical (unpaired) electrons. The van der Waals surface area contributed by atoms with E-state index in [0.717, 1.165) is 4.57 Å². The van der Waals surface area contributed by atoms with Gasteiger partial charge in [-0.05, 0) is 15.9 Å². The molecule has 1 saturated heterocycles. The highest BCUT2D eigenvalue weighted by Crippen LogP contribution is 2.38. The molecule has 22 heavy (non-hydrogen) atoms. The maximum atomic E-state index is 11.8. The quantitative estimate of drug-likeness (QED) is 0.381. The van der Waals surface area contributed by atoms with Crippen molar-refractivity contribution in [3.63, 3.8) is 0 Å². The van der Waals surface area contributed by atoms with Gasteiger partial charge in [0.15, 0.2) is 0 Å². The molecule has 1 aliphatic rings. The number of H-pyrrole nitrogens is 1. The molecule has 124 valence electrons. The number of aliphatic hydroxyl groups is 1. The first kappa shape index (κ1) is 17.3. The third-order valence-electron chi connectivity index (χ3n) is 3.02. The van der Waals surface area contributed by atoms with Crippen LogP contribution < -0.4 is 17.0 Å². The van der Waals surface area contributed by atoms with Crippen molar-refractivity contribution in [2.24, 2.45) is 0 Å². The molecule has 0 aliphatic carbocycles. The molecule has 1 fully saturated rings. The van der Waals surface area contributed by atoms with E-state index in [1.165, 1.54) is 0 Å². The highest BCUT2D eigenvalue weighted by molar-refractivity contribution is 9.10. The standard InChI is InChI=1S/C9H13BrN3O8P/c10-6-7(11)13(9(16)12-8(6)15)5-1-3(14)4(21-5)2-20-22(17,18)19/h3-5,14H,1-2,11H2,(H,12,15,16)(H2,17,18,19)/t3-,4+,5+/m0/s1. The molecule has 6 N–H and O–H groups in total. The Morgan fingerprint density at radius 2 is 2.14 bits per heavy atom. The van der Waals surface area contributed by atoms with Crippen LogP contribution in [0.25, 0.3) is 0 Å². The van der Waals surface area contributed by atoms with Gasteiger partial charge >= 0.3 is 13.5 Å². The number of hydrogen-bond acceptors (Lipinski definition) is 7. The lowest BCUT2D eigenvalue weighted by molar-refractivity contribution is -0.0443. The zero-order valence-electron chi connectivity index (χ0n) is 10.9. The largest absolute Gasteiger partial charge is 0.469 e. The summed E-state index contributed by atoms with van der Waals surface area (Å²) in [6.45, 7) is -0.568. The lowest BCUT2D eigenvalue weighted by atomic mass is 10.2. The van der Waals surface area contributed by atoms with Gasteiger partial charge in [-0.15, -0.1) is 0 Å². The number of aliphatic hydroxyl groups excluding tert-OH is 1.